The molecule has 2 aromatic rings. The van der Waals surface area contributed by atoms with E-state index in [1.165, 1.54) is 13.0 Å². The van der Waals surface area contributed by atoms with E-state index in [1.807, 2.05) is 0 Å². The summed E-state index contributed by atoms with van der Waals surface area (Å²) in [7, 11) is 0. The van der Waals surface area contributed by atoms with Crippen LogP contribution in [0.25, 0.3) is 0 Å². The van der Waals surface area contributed by atoms with E-state index in [4.69, 9.17) is 0 Å². The van der Waals surface area contributed by atoms with Crippen LogP contribution in [0.1, 0.15) is 50.4 Å². The monoisotopic (exact) mass is 300 g/mol. The molecule has 0 amide bonds. The standard InChI is InChI=1S/C16H12O6/c1-6(17)8-4-9-10(5-12(8)19)15(21)11-2-7(18)3-13(20)14(11)16(9)22/h2-6,17-20H,1H3. The summed E-state index contributed by atoms with van der Waals surface area (Å²) < 4.78 is 0. The summed E-state index contributed by atoms with van der Waals surface area (Å²) in [6, 6.07) is 4.43. The van der Waals surface area contributed by atoms with E-state index in [9.17, 15) is 30.0 Å². The summed E-state index contributed by atoms with van der Waals surface area (Å²) in [6.45, 7) is 1.42. The number of hydrogen-bond acceptors (Lipinski definition) is 6. The Morgan fingerprint density at radius 2 is 1.45 bits per heavy atom. The van der Waals surface area contributed by atoms with E-state index in [0.29, 0.717) is 0 Å². The van der Waals surface area contributed by atoms with Gasteiger partial charge < -0.3 is 20.4 Å². The van der Waals surface area contributed by atoms with Crippen LogP contribution in [0.5, 0.6) is 17.2 Å². The molecule has 6 heteroatoms. The normalized spacial score (nSPS) is 14.5. The van der Waals surface area contributed by atoms with E-state index in [0.717, 1.165) is 18.2 Å². The van der Waals surface area contributed by atoms with E-state index in [-0.39, 0.29) is 39.3 Å². The molecule has 0 fully saturated rings. The smallest absolute Gasteiger partial charge is 0.198 e. The van der Waals surface area contributed by atoms with E-state index in [2.05, 4.69) is 0 Å². The molecule has 6 nitrogen and oxygen atoms in total. The number of aliphatic hydroxyl groups excluding tert-OH is 1. The van der Waals surface area contributed by atoms with Gasteiger partial charge in [0.15, 0.2) is 11.6 Å². The number of ketones is 2. The Morgan fingerprint density at radius 1 is 0.818 bits per heavy atom. The number of benzene rings is 2. The lowest BCUT2D eigenvalue weighted by Gasteiger charge is -2.20. The molecule has 0 spiro atoms. The highest BCUT2D eigenvalue weighted by Gasteiger charge is 2.34. The van der Waals surface area contributed by atoms with Crippen molar-refractivity contribution >= 4 is 11.6 Å². The summed E-state index contributed by atoms with van der Waals surface area (Å²) >= 11 is 0. The SMILES string of the molecule is CC(O)c1cc2c(cc1O)C(=O)c1cc(O)cc(O)c1C2=O. The Balaban J connectivity index is 2.32. The number of hydrogen-bond donors (Lipinski definition) is 4. The highest BCUT2D eigenvalue weighted by molar-refractivity contribution is 6.29. The van der Waals surface area contributed by atoms with Crippen LogP contribution < -0.4 is 0 Å². The molecule has 0 bridgehead atoms. The van der Waals surface area contributed by atoms with Crippen LogP contribution in [0.15, 0.2) is 24.3 Å². The van der Waals surface area contributed by atoms with E-state index >= 15 is 0 Å². The molecule has 22 heavy (non-hydrogen) atoms. The maximum Gasteiger partial charge on any atom is 0.198 e. The zero-order chi connectivity index (χ0) is 16.2. The van der Waals surface area contributed by atoms with Crippen molar-refractivity contribution in [3.63, 3.8) is 0 Å². The predicted octanol–water partition coefficient (Wildman–Crippen LogP) is 1.63. The fraction of sp³-hybridized carbons (Fsp3) is 0.125. The minimum absolute atomic E-state index is 0.00723. The molecule has 0 saturated carbocycles. The number of fused-ring (bicyclic) bond motifs is 2. The van der Waals surface area contributed by atoms with Crippen LogP contribution >= 0.6 is 0 Å². The Hall–Kier alpha value is -2.86. The number of aliphatic hydroxyl groups is 1. The molecule has 1 aliphatic rings. The maximum atomic E-state index is 12.5. The molecule has 1 aliphatic carbocycles. The minimum Gasteiger partial charge on any atom is -0.508 e. The summed E-state index contributed by atoms with van der Waals surface area (Å²) in [5.41, 5.74) is -0.255. The van der Waals surface area contributed by atoms with Gasteiger partial charge in [-0.1, -0.05) is 0 Å². The first-order chi connectivity index (χ1) is 10.3. The topological polar surface area (TPSA) is 115 Å². The molecule has 0 radical (unpaired) electrons. The fourth-order valence-corrected chi connectivity index (χ4v) is 2.62. The lowest BCUT2D eigenvalue weighted by molar-refractivity contribution is 0.0975. The second kappa shape index (κ2) is 4.57. The van der Waals surface area contributed by atoms with Crippen molar-refractivity contribution in [1.29, 1.82) is 0 Å². The summed E-state index contributed by atoms with van der Waals surface area (Å²) in [5, 5.41) is 38.8. The number of carbonyl (C=O) groups is 2. The van der Waals surface area contributed by atoms with Crippen molar-refractivity contribution in [2.24, 2.45) is 0 Å². The molecule has 0 aromatic heterocycles. The Kier molecular flexibility index (Phi) is 2.93. The van der Waals surface area contributed by atoms with Gasteiger partial charge in [-0.25, -0.2) is 0 Å². The molecular weight excluding hydrogens is 288 g/mol. The van der Waals surface area contributed by atoms with Gasteiger partial charge in [-0.2, -0.15) is 0 Å². The van der Waals surface area contributed by atoms with Crippen LogP contribution in [0.4, 0.5) is 0 Å². The molecule has 112 valence electrons. The van der Waals surface area contributed by atoms with Gasteiger partial charge in [0.2, 0.25) is 0 Å². The third-order valence-corrected chi connectivity index (χ3v) is 3.68. The van der Waals surface area contributed by atoms with Gasteiger partial charge in [0.25, 0.3) is 0 Å². The van der Waals surface area contributed by atoms with Crippen molar-refractivity contribution in [2.75, 3.05) is 0 Å². The molecule has 0 saturated heterocycles. The zero-order valence-electron chi connectivity index (χ0n) is 11.5. The first kappa shape index (κ1) is 14.1. The molecule has 4 N–H and O–H groups in total. The first-order valence-electron chi connectivity index (χ1n) is 6.51. The zero-order valence-corrected chi connectivity index (χ0v) is 11.5. The molecule has 2 aromatic carbocycles. The third kappa shape index (κ3) is 1.85. The van der Waals surface area contributed by atoms with Crippen molar-refractivity contribution in [3.05, 3.63) is 52.1 Å². The minimum atomic E-state index is -1.02. The van der Waals surface area contributed by atoms with Gasteiger partial charge in [-0.3, -0.25) is 9.59 Å². The van der Waals surface area contributed by atoms with Gasteiger partial charge in [-0.05, 0) is 25.1 Å². The number of aromatic hydroxyl groups is 3. The van der Waals surface area contributed by atoms with Gasteiger partial charge in [0.05, 0.1) is 11.7 Å². The van der Waals surface area contributed by atoms with Crippen molar-refractivity contribution in [1.82, 2.24) is 0 Å². The number of phenols is 3. The van der Waals surface area contributed by atoms with Crippen LogP contribution in [-0.2, 0) is 0 Å². The molecule has 1 atom stereocenters. The van der Waals surface area contributed by atoms with Gasteiger partial charge in [0.1, 0.15) is 17.2 Å². The summed E-state index contributed by atoms with van der Waals surface area (Å²) in [6.07, 6.45) is -1.02. The third-order valence-electron chi connectivity index (χ3n) is 3.68. The second-order valence-corrected chi connectivity index (χ2v) is 5.18. The van der Waals surface area contributed by atoms with Crippen molar-refractivity contribution < 1.29 is 30.0 Å². The van der Waals surface area contributed by atoms with Crippen LogP contribution in [-0.4, -0.2) is 32.0 Å². The molecule has 1 unspecified atom stereocenters. The highest BCUT2D eigenvalue weighted by atomic mass is 16.3. The lowest BCUT2D eigenvalue weighted by atomic mass is 9.82. The van der Waals surface area contributed by atoms with Crippen molar-refractivity contribution in [3.8, 4) is 17.2 Å². The van der Waals surface area contributed by atoms with Crippen LogP contribution in [0, 0.1) is 0 Å². The first-order valence-corrected chi connectivity index (χ1v) is 6.51. The summed E-state index contributed by atoms with van der Waals surface area (Å²) in [4.78, 5) is 25.0. The van der Waals surface area contributed by atoms with Gasteiger partial charge >= 0.3 is 0 Å². The molecule has 3 rings (SSSR count). The predicted molar refractivity (Wildman–Crippen MR) is 75.4 cm³/mol. The van der Waals surface area contributed by atoms with Crippen LogP contribution in [0.2, 0.25) is 0 Å². The van der Waals surface area contributed by atoms with Crippen LogP contribution in [0.3, 0.4) is 0 Å². The molecule has 0 heterocycles. The Labute approximate surface area is 124 Å². The van der Waals surface area contributed by atoms with Gasteiger partial charge in [-0.15, -0.1) is 0 Å². The average molecular weight is 300 g/mol. The average Bonchev–Trinajstić information content (AvgIpc) is 2.43. The lowest BCUT2D eigenvalue weighted by Crippen LogP contribution is -2.21. The molecule has 0 aliphatic heterocycles. The second-order valence-electron chi connectivity index (χ2n) is 5.18. The quantitative estimate of drug-likeness (QED) is 0.543. The Bertz CT molecular complexity index is 835. The largest absolute Gasteiger partial charge is 0.508 e. The molecular formula is C16H12O6. The fourth-order valence-electron chi connectivity index (χ4n) is 2.62. The maximum absolute atomic E-state index is 12.5. The number of phenolic OH excluding ortho intramolecular Hbond substituents is 3. The van der Waals surface area contributed by atoms with E-state index in [1.54, 1.807) is 0 Å². The summed E-state index contributed by atoms with van der Waals surface area (Å²) in [5.74, 6) is -2.34. The van der Waals surface area contributed by atoms with Crippen molar-refractivity contribution in [2.45, 2.75) is 13.0 Å². The van der Waals surface area contributed by atoms with E-state index < -0.39 is 23.4 Å². The van der Waals surface area contributed by atoms with Gasteiger partial charge in [0, 0.05) is 28.3 Å². The highest BCUT2D eigenvalue weighted by Crippen LogP contribution is 2.38. The Morgan fingerprint density at radius 3 is 2.09 bits per heavy atom. The number of carbonyl (C=O) groups excluding carboxylic acids is 2. The number of rotatable bonds is 1.